The number of rotatable bonds is 5. The molecule has 3 fully saturated rings. The number of piperidine rings is 1. The number of nitrogens with one attached hydrogen (secondary N) is 1. The van der Waals surface area contributed by atoms with Gasteiger partial charge < -0.3 is 21.3 Å². The summed E-state index contributed by atoms with van der Waals surface area (Å²) in [5.74, 6) is -11.4. The van der Waals surface area contributed by atoms with E-state index in [2.05, 4.69) is 5.32 Å². The average Bonchev–Trinajstić information content (AvgIpc) is 2.88. The molecule has 0 radical (unpaired) electrons. The van der Waals surface area contributed by atoms with Gasteiger partial charge in [0.1, 0.15) is 5.75 Å². The summed E-state index contributed by atoms with van der Waals surface area (Å²) in [4.78, 5) is 82.2. The standard InChI is InChI=1S/C28H34N4O8/c1-31(2)21-15-11-14-10-13-6-7-16(30-17(33)12-32-8-4-3-5-9-32)22(34)18(13)23(35)19(14)25(37)28(15,40)26(38)20(24(21)36)27(29)39/h6-7,14-15,19-21,34,40H,3-5,8-12H2,1-2H3,(H2,29,39)(H,30,33)/t14?,15?,19?,20?,21-,28-/m0/s1. The van der Waals surface area contributed by atoms with Gasteiger partial charge in [-0.3, -0.25) is 38.6 Å². The summed E-state index contributed by atoms with van der Waals surface area (Å²) in [5, 5.41) is 25.3. The van der Waals surface area contributed by atoms with E-state index in [4.69, 9.17) is 5.73 Å². The molecule has 2 saturated carbocycles. The molecule has 12 heteroatoms. The van der Waals surface area contributed by atoms with Crippen LogP contribution in [0.4, 0.5) is 5.69 Å². The minimum absolute atomic E-state index is 0.0149. The molecule has 12 nitrogen and oxygen atoms in total. The van der Waals surface area contributed by atoms with Crippen molar-refractivity contribution in [2.24, 2.45) is 29.4 Å². The fraction of sp³-hybridized carbons (Fsp3) is 0.571. The maximum atomic E-state index is 13.9. The summed E-state index contributed by atoms with van der Waals surface area (Å²) in [5.41, 5.74) is 2.89. The molecule has 2 amide bonds. The van der Waals surface area contributed by atoms with Crippen molar-refractivity contribution in [3.8, 4) is 5.75 Å². The number of phenols is 1. The van der Waals surface area contributed by atoms with Crippen LogP contribution in [0, 0.1) is 23.7 Å². The van der Waals surface area contributed by atoms with Gasteiger partial charge in [-0.25, -0.2) is 0 Å². The maximum absolute atomic E-state index is 13.9. The van der Waals surface area contributed by atoms with E-state index in [0.717, 1.165) is 32.4 Å². The van der Waals surface area contributed by atoms with Crippen molar-refractivity contribution in [2.45, 2.75) is 43.7 Å². The number of anilines is 1. The highest BCUT2D eigenvalue weighted by molar-refractivity contribution is 6.32. The second-order valence-corrected chi connectivity index (χ2v) is 11.7. The number of ketones is 4. The zero-order chi connectivity index (χ0) is 29.1. The molecule has 1 aromatic carbocycles. The Morgan fingerprint density at radius 2 is 1.77 bits per heavy atom. The molecule has 40 heavy (non-hydrogen) atoms. The van der Waals surface area contributed by atoms with E-state index < -0.39 is 70.1 Å². The third kappa shape index (κ3) is 4.25. The van der Waals surface area contributed by atoms with Crippen LogP contribution in [0.1, 0.15) is 41.6 Å². The highest BCUT2D eigenvalue weighted by Crippen LogP contribution is 2.51. The number of carbonyl (C=O) groups excluding carboxylic acids is 6. The average molecular weight is 555 g/mol. The highest BCUT2D eigenvalue weighted by atomic mass is 16.3. The fourth-order valence-corrected chi connectivity index (χ4v) is 7.19. The second kappa shape index (κ2) is 10.2. The Labute approximate surface area is 230 Å². The number of benzene rings is 1. The number of hydrogen-bond acceptors (Lipinski definition) is 10. The number of amides is 2. The fourth-order valence-electron chi connectivity index (χ4n) is 7.19. The van der Waals surface area contributed by atoms with Crippen LogP contribution in [0.25, 0.3) is 0 Å². The number of fused-ring (bicyclic) bond motifs is 3. The number of nitrogens with zero attached hydrogens (tertiary/aromatic N) is 2. The Kier molecular flexibility index (Phi) is 7.13. The summed E-state index contributed by atoms with van der Waals surface area (Å²) in [6.07, 6.45) is 3.27. The number of hydrogen-bond donors (Lipinski definition) is 4. The van der Waals surface area contributed by atoms with Gasteiger partial charge in [0.2, 0.25) is 11.8 Å². The van der Waals surface area contributed by atoms with E-state index in [1.807, 2.05) is 4.90 Å². The first kappa shape index (κ1) is 28.1. The summed E-state index contributed by atoms with van der Waals surface area (Å²) in [6.45, 7) is 1.73. The molecule has 1 saturated heterocycles. The molecule has 4 unspecified atom stereocenters. The molecule has 5 N–H and O–H groups in total. The molecule has 1 aliphatic heterocycles. The molecular weight excluding hydrogens is 520 g/mol. The van der Waals surface area contributed by atoms with Gasteiger partial charge >= 0.3 is 0 Å². The molecule has 1 aromatic rings. The van der Waals surface area contributed by atoms with Gasteiger partial charge in [-0.15, -0.1) is 0 Å². The molecule has 4 aliphatic rings. The number of primary amides is 1. The van der Waals surface area contributed by atoms with Gasteiger partial charge in [-0.2, -0.15) is 0 Å². The topological polar surface area (TPSA) is 187 Å². The zero-order valence-corrected chi connectivity index (χ0v) is 22.5. The van der Waals surface area contributed by atoms with Gasteiger partial charge in [0, 0.05) is 5.92 Å². The number of likely N-dealkylation sites (tertiary alicyclic amines) is 1. The Morgan fingerprint density at radius 3 is 2.40 bits per heavy atom. The minimum atomic E-state index is -2.77. The molecule has 1 heterocycles. The SMILES string of the molecule is CN(C)[C@@H]1C(=O)C(C(N)=O)C(=O)[C@@]2(O)C(=O)C3C(=O)c4c(ccc(NC(=O)CN5CCCCC5)c4O)CC3CC12. The molecule has 5 rings (SSSR count). The summed E-state index contributed by atoms with van der Waals surface area (Å²) in [6, 6.07) is 1.96. The van der Waals surface area contributed by atoms with Crippen LogP contribution in [-0.4, -0.2) is 100 Å². The first-order valence-electron chi connectivity index (χ1n) is 13.6. The number of nitrogens with two attached hydrogens (primary N) is 1. The number of likely N-dealkylation sites (N-methyl/N-ethyl adjacent to an activating group) is 1. The lowest BCUT2D eigenvalue weighted by atomic mass is 9.52. The van der Waals surface area contributed by atoms with E-state index in [0.29, 0.717) is 5.56 Å². The first-order chi connectivity index (χ1) is 18.9. The number of aromatic hydroxyl groups is 1. The lowest BCUT2D eigenvalue weighted by Gasteiger charge is -2.52. The summed E-state index contributed by atoms with van der Waals surface area (Å²) >= 11 is 0. The van der Waals surface area contributed by atoms with Crippen LogP contribution >= 0.6 is 0 Å². The predicted molar refractivity (Wildman–Crippen MR) is 140 cm³/mol. The van der Waals surface area contributed by atoms with E-state index in [9.17, 15) is 39.0 Å². The third-order valence-corrected chi connectivity index (χ3v) is 9.02. The largest absolute Gasteiger partial charge is 0.505 e. The number of Topliss-reactive ketones (excluding diaryl/α,β-unsaturated/α-hetero) is 4. The van der Waals surface area contributed by atoms with Crippen molar-refractivity contribution in [3.05, 3.63) is 23.3 Å². The highest BCUT2D eigenvalue weighted by Gasteiger charge is 2.69. The van der Waals surface area contributed by atoms with Crippen molar-refractivity contribution in [2.75, 3.05) is 39.0 Å². The monoisotopic (exact) mass is 554 g/mol. The van der Waals surface area contributed by atoms with Gasteiger partial charge in [0.25, 0.3) is 0 Å². The smallest absolute Gasteiger partial charge is 0.238 e. The van der Waals surface area contributed by atoms with Crippen molar-refractivity contribution in [1.29, 1.82) is 0 Å². The minimum Gasteiger partial charge on any atom is -0.505 e. The van der Waals surface area contributed by atoms with Crippen molar-refractivity contribution in [1.82, 2.24) is 9.80 Å². The molecule has 3 aliphatic carbocycles. The van der Waals surface area contributed by atoms with Gasteiger partial charge in [0.05, 0.1) is 29.8 Å². The van der Waals surface area contributed by atoms with E-state index in [1.54, 1.807) is 6.07 Å². The molecular formula is C28H34N4O8. The Bertz CT molecular complexity index is 1320. The van der Waals surface area contributed by atoms with E-state index in [-0.39, 0.29) is 36.5 Å². The summed E-state index contributed by atoms with van der Waals surface area (Å²) in [7, 11) is 3.07. The molecule has 6 atom stereocenters. The number of carbonyl (C=O) groups is 6. The summed E-state index contributed by atoms with van der Waals surface area (Å²) < 4.78 is 0. The van der Waals surface area contributed by atoms with Crippen LogP contribution in [0.5, 0.6) is 5.75 Å². The first-order valence-corrected chi connectivity index (χ1v) is 13.6. The number of phenolic OH excluding ortho intramolecular Hbond substituents is 1. The second-order valence-electron chi connectivity index (χ2n) is 11.7. The van der Waals surface area contributed by atoms with Gasteiger partial charge in [0.15, 0.2) is 34.7 Å². The lowest BCUT2D eigenvalue weighted by molar-refractivity contribution is -0.181. The molecule has 0 spiro atoms. The van der Waals surface area contributed by atoms with E-state index in [1.165, 1.54) is 25.1 Å². The van der Waals surface area contributed by atoms with Crippen LogP contribution in [-0.2, 0) is 30.4 Å². The van der Waals surface area contributed by atoms with Crippen LogP contribution in [0.15, 0.2) is 12.1 Å². The third-order valence-electron chi connectivity index (χ3n) is 9.02. The van der Waals surface area contributed by atoms with Crippen LogP contribution < -0.4 is 11.1 Å². The van der Waals surface area contributed by atoms with Crippen molar-refractivity contribution < 1.29 is 39.0 Å². The van der Waals surface area contributed by atoms with Crippen LogP contribution in [0.2, 0.25) is 0 Å². The predicted octanol–water partition coefficient (Wildman–Crippen LogP) is -0.709. The van der Waals surface area contributed by atoms with Gasteiger partial charge in [-0.05, 0) is 70.4 Å². The lowest BCUT2D eigenvalue weighted by Crippen LogP contribution is -2.74. The van der Waals surface area contributed by atoms with Crippen molar-refractivity contribution >= 4 is 40.6 Å². The Balaban J connectivity index is 1.47. The molecule has 214 valence electrons. The molecule has 0 bridgehead atoms. The number of aliphatic hydroxyl groups is 1. The Hall–Kier alpha value is -3.48. The maximum Gasteiger partial charge on any atom is 0.238 e. The Morgan fingerprint density at radius 1 is 1.10 bits per heavy atom. The van der Waals surface area contributed by atoms with Crippen molar-refractivity contribution in [3.63, 3.8) is 0 Å². The van der Waals surface area contributed by atoms with Crippen LogP contribution in [0.3, 0.4) is 0 Å². The molecule has 0 aromatic heterocycles. The normalized spacial score (nSPS) is 32.4. The van der Waals surface area contributed by atoms with Gasteiger partial charge in [-0.1, -0.05) is 12.5 Å². The quantitative estimate of drug-likeness (QED) is 0.267. The van der Waals surface area contributed by atoms with E-state index >= 15 is 0 Å². The zero-order valence-electron chi connectivity index (χ0n) is 22.5.